The maximum absolute atomic E-state index is 13.3. The fraction of sp³-hybridized carbons (Fsp3) is 0.120. The Kier molecular flexibility index (Phi) is 6.85. The van der Waals surface area contributed by atoms with E-state index in [-0.39, 0.29) is 17.2 Å². The number of aromatic nitrogens is 2. The van der Waals surface area contributed by atoms with Gasteiger partial charge in [-0.05, 0) is 48.9 Å². The highest BCUT2D eigenvalue weighted by Crippen LogP contribution is 2.22. The normalized spacial score (nSPS) is 11.1. The molecule has 7 nitrogen and oxygen atoms in total. The number of rotatable bonds is 7. The average molecular weight is 459 g/mol. The van der Waals surface area contributed by atoms with E-state index in [1.54, 1.807) is 55.8 Å². The zero-order valence-corrected chi connectivity index (χ0v) is 19.0. The molecule has 0 bridgehead atoms. The Hall–Kier alpha value is -3.91. The van der Waals surface area contributed by atoms with Gasteiger partial charge in [-0.15, -0.1) is 0 Å². The molecule has 1 amide bonds. The molecule has 166 valence electrons. The monoisotopic (exact) mass is 458 g/mol. The summed E-state index contributed by atoms with van der Waals surface area (Å²) >= 11 is 1.17. The van der Waals surface area contributed by atoms with Crippen molar-refractivity contribution in [1.29, 1.82) is 0 Å². The highest BCUT2D eigenvalue weighted by Gasteiger charge is 2.15. The highest BCUT2D eigenvalue weighted by molar-refractivity contribution is 7.99. The number of methoxy groups -OCH3 is 1. The first-order chi connectivity index (χ1) is 16.0. The van der Waals surface area contributed by atoms with Crippen molar-refractivity contribution >= 4 is 34.8 Å². The Balaban J connectivity index is 1.57. The topological polar surface area (TPSA) is 85.6 Å². The van der Waals surface area contributed by atoms with Gasteiger partial charge in [0.25, 0.3) is 11.5 Å². The number of amides is 1. The number of hydrazone groups is 1. The van der Waals surface area contributed by atoms with Gasteiger partial charge in [0.15, 0.2) is 5.16 Å². The summed E-state index contributed by atoms with van der Waals surface area (Å²) in [6.07, 6.45) is 1.59. The second kappa shape index (κ2) is 10.1. The van der Waals surface area contributed by atoms with Gasteiger partial charge in [0, 0.05) is 0 Å². The van der Waals surface area contributed by atoms with Crippen LogP contribution in [0, 0.1) is 6.92 Å². The Bertz CT molecular complexity index is 1380. The second-order valence-corrected chi connectivity index (χ2v) is 8.19. The van der Waals surface area contributed by atoms with Crippen molar-refractivity contribution in [3.63, 3.8) is 0 Å². The Morgan fingerprint density at radius 2 is 1.91 bits per heavy atom. The third-order valence-corrected chi connectivity index (χ3v) is 5.79. The second-order valence-electron chi connectivity index (χ2n) is 7.25. The number of thioether (sulfide) groups is 1. The average Bonchev–Trinajstić information content (AvgIpc) is 2.83. The lowest BCUT2D eigenvalue weighted by Crippen LogP contribution is -2.24. The Morgan fingerprint density at radius 3 is 2.67 bits per heavy atom. The molecule has 0 unspecified atom stereocenters. The number of ether oxygens (including phenoxy) is 1. The molecule has 3 aromatic carbocycles. The Morgan fingerprint density at radius 1 is 1.12 bits per heavy atom. The van der Waals surface area contributed by atoms with Crippen molar-refractivity contribution in [2.24, 2.45) is 5.10 Å². The molecule has 33 heavy (non-hydrogen) atoms. The van der Waals surface area contributed by atoms with Gasteiger partial charge < -0.3 is 4.74 Å². The molecule has 0 spiro atoms. The van der Waals surface area contributed by atoms with Crippen LogP contribution in [0.15, 0.2) is 87.8 Å². The smallest absolute Gasteiger partial charge is 0.266 e. The van der Waals surface area contributed by atoms with Crippen LogP contribution in [-0.4, -0.2) is 34.5 Å². The summed E-state index contributed by atoms with van der Waals surface area (Å²) < 4.78 is 6.73. The molecule has 4 aromatic rings. The molecule has 0 atom stereocenters. The van der Waals surface area contributed by atoms with Crippen molar-refractivity contribution in [3.8, 4) is 11.4 Å². The van der Waals surface area contributed by atoms with Crippen LogP contribution in [0.4, 0.5) is 0 Å². The maximum Gasteiger partial charge on any atom is 0.266 e. The van der Waals surface area contributed by atoms with E-state index >= 15 is 0 Å². The SMILES string of the molecule is COc1ccc(-n2c(SCC(=O)NN=Cc3cccc(C)c3)nc3ccccc3c2=O)cc1. The van der Waals surface area contributed by atoms with Crippen LogP contribution >= 0.6 is 11.8 Å². The molecular weight excluding hydrogens is 436 g/mol. The molecule has 0 aliphatic carbocycles. The van der Waals surface area contributed by atoms with Crippen LogP contribution in [0.3, 0.4) is 0 Å². The summed E-state index contributed by atoms with van der Waals surface area (Å²) in [5.74, 6) is 0.430. The first-order valence-corrected chi connectivity index (χ1v) is 11.2. The number of nitrogens with zero attached hydrogens (tertiary/aromatic N) is 3. The number of fused-ring (bicyclic) bond motifs is 1. The quantitative estimate of drug-likeness (QED) is 0.196. The maximum atomic E-state index is 13.3. The first kappa shape index (κ1) is 22.3. The molecule has 4 rings (SSSR count). The zero-order valence-electron chi connectivity index (χ0n) is 18.2. The van der Waals surface area contributed by atoms with Crippen molar-refractivity contribution < 1.29 is 9.53 Å². The summed E-state index contributed by atoms with van der Waals surface area (Å²) in [5.41, 5.74) is 5.54. The predicted octanol–water partition coefficient (Wildman–Crippen LogP) is 3.95. The molecule has 0 aliphatic heterocycles. The van der Waals surface area contributed by atoms with Crippen LogP contribution in [0.25, 0.3) is 16.6 Å². The van der Waals surface area contributed by atoms with Crippen molar-refractivity contribution in [2.75, 3.05) is 12.9 Å². The summed E-state index contributed by atoms with van der Waals surface area (Å²) in [7, 11) is 1.58. The van der Waals surface area contributed by atoms with E-state index in [9.17, 15) is 9.59 Å². The molecule has 0 saturated heterocycles. The molecule has 1 heterocycles. The molecule has 8 heteroatoms. The molecule has 0 saturated carbocycles. The van der Waals surface area contributed by atoms with Gasteiger partial charge in [0.1, 0.15) is 5.75 Å². The number of hydrogen-bond donors (Lipinski definition) is 1. The summed E-state index contributed by atoms with van der Waals surface area (Å²) in [6, 6.07) is 22.1. The van der Waals surface area contributed by atoms with Crippen molar-refractivity contribution in [3.05, 3.63) is 94.3 Å². The van der Waals surface area contributed by atoms with E-state index in [2.05, 4.69) is 15.5 Å². The van der Waals surface area contributed by atoms with Crippen LogP contribution in [0.1, 0.15) is 11.1 Å². The minimum atomic E-state index is -0.299. The summed E-state index contributed by atoms with van der Waals surface area (Å²) in [5, 5.41) is 4.94. The zero-order chi connectivity index (χ0) is 23.2. The van der Waals surface area contributed by atoms with Crippen LogP contribution in [-0.2, 0) is 4.79 Å². The van der Waals surface area contributed by atoms with Gasteiger partial charge in [0.05, 0.1) is 35.7 Å². The van der Waals surface area contributed by atoms with Gasteiger partial charge in [-0.2, -0.15) is 5.10 Å². The molecule has 0 fully saturated rings. The molecule has 0 radical (unpaired) electrons. The lowest BCUT2D eigenvalue weighted by molar-refractivity contribution is -0.118. The number of benzene rings is 3. The van der Waals surface area contributed by atoms with Gasteiger partial charge >= 0.3 is 0 Å². The molecule has 1 N–H and O–H groups in total. The van der Waals surface area contributed by atoms with Gasteiger partial charge in [-0.1, -0.05) is 53.7 Å². The van der Waals surface area contributed by atoms with E-state index in [0.29, 0.717) is 27.5 Å². The van der Waals surface area contributed by atoms with Crippen LogP contribution < -0.4 is 15.7 Å². The standard InChI is InChI=1S/C25H22N4O3S/c1-17-6-5-7-18(14-17)15-26-28-23(30)16-33-25-27-22-9-4-3-8-21(22)24(31)29(25)19-10-12-20(32-2)13-11-19/h3-15H,16H2,1-2H3,(H,28,30). The number of carbonyl (C=O) groups excluding carboxylic acids is 1. The van der Waals surface area contributed by atoms with E-state index in [1.165, 1.54) is 16.3 Å². The summed E-state index contributed by atoms with van der Waals surface area (Å²) in [6.45, 7) is 1.99. The minimum absolute atomic E-state index is 0.0477. The molecule has 0 aliphatic rings. The number of hydrogen-bond acceptors (Lipinski definition) is 6. The third kappa shape index (κ3) is 5.30. The summed E-state index contributed by atoms with van der Waals surface area (Å²) in [4.78, 5) is 30.3. The van der Waals surface area contributed by atoms with Crippen LogP contribution in [0.5, 0.6) is 5.75 Å². The fourth-order valence-corrected chi connectivity index (χ4v) is 4.06. The van der Waals surface area contributed by atoms with Crippen molar-refractivity contribution in [2.45, 2.75) is 12.1 Å². The number of nitrogens with one attached hydrogen (secondary N) is 1. The fourth-order valence-electron chi connectivity index (χ4n) is 3.26. The lowest BCUT2D eigenvalue weighted by Gasteiger charge is -2.13. The van der Waals surface area contributed by atoms with Gasteiger partial charge in [0.2, 0.25) is 0 Å². The van der Waals surface area contributed by atoms with E-state index in [4.69, 9.17) is 4.74 Å². The molecule has 1 aromatic heterocycles. The highest BCUT2D eigenvalue weighted by atomic mass is 32.2. The number of para-hydroxylation sites is 1. The number of aryl methyl sites for hydroxylation is 1. The minimum Gasteiger partial charge on any atom is -0.497 e. The lowest BCUT2D eigenvalue weighted by atomic mass is 10.2. The first-order valence-electron chi connectivity index (χ1n) is 10.2. The van der Waals surface area contributed by atoms with E-state index in [0.717, 1.165) is 11.1 Å². The van der Waals surface area contributed by atoms with Gasteiger partial charge in [-0.3, -0.25) is 14.2 Å². The number of carbonyl (C=O) groups is 1. The van der Waals surface area contributed by atoms with Crippen molar-refractivity contribution in [1.82, 2.24) is 15.0 Å². The molecular formula is C25H22N4O3S. The van der Waals surface area contributed by atoms with E-state index < -0.39 is 0 Å². The third-order valence-electron chi connectivity index (χ3n) is 4.85. The Labute approximate surface area is 195 Å². The van der Waals surface area contributed by atoms with E-state index in [1.807, 2.05) is 37.3 Å². The largest absolute Gasteiger partial charge is 0.497 e. The predicted molar refractivity (Wildman–Crippen MR) is 132 cm³/mol. The van der Waals surface area contributed by atoms with Gasteiger partial charge in [-0.25, -0.2) is 10.4 Å². The van der Waals surface area contributed by atoms with Crippen LogP contribution in [0.2, 0.25) is 0 Å².